The van der Waals surface area contributed by atoms with Crippen LogP contribution in [0.25, 0.3) is 0 Å². The van der Waals surface area contributed by atoms with Crippen LogP contribution in [0.3, 0.4) is 0 Å². The summed E-state index contributed by atoms with van der Waals surface area (Å²) in [5, 5.41) is 17.4. The molecule has 0 fully saturated rings. The van der Waals surface area contributed by atoms with Gasteiger partial charge in [0, 0.05) is 5.56 Å². The highest BCUT2D eigenvalue weighted by Crippen LogP contribution is 2.21. The van der Waals surface area contributed by atoms with Gasteiger partial charge in [-0.1, -0.05) is 11.8 Å². The van der Waals surface area contributed by atoms with E-state index in [0.717, 1.165) is 11.8 Å². The molecule has 1 N–H and O–H groups in total. The summed E-state index contributed by atoms with van der Waals surface area (Å²) in [5.41, 5.74) is -0.777. The number of thioether (sulfide) groups is 1. The van der Waals surface area contributed by atoms with Crippen molar-refractivity contribution in [3.63, 3.8) is 0 Å². The van der Waals surface area contributed by atoms with Gasteiger partial charge in [-0.05, 0) is 6.92 Å². The highest BCUT2D eigenvalue weighted by atomic mass is 32.2. The zero-order valence-corrected chi connectivity index (χ0v) is 8.61. The lowest BCUT2D eigenvalue weighted by Gasteiger charge is -2.04. The van der Waals surface area contributed by atoms with Gasteiger partial charge in [-0.3, -0.25) is 4.79 Å². The zero-order chi connectivity index (χ0) is 11.4. The van der Waals surface area contributed by atoms with Crippen molar-refractivity contribution in [3.8, 4) is 12.1 Å². The summed E-state index contributed by atoms with van der Waals surface area (Å²) in [7, 11) is 0. The fourth-order valence-electron chi connectivity index (χ4n) is 1.02. The van der Waals surface area contributed by atoms with E-state index in [2.05, 4.69) is 4.98 Å². The van der Waals surface area contributed by atoms with Crippen LogP contribution in [0.15, 0.2) is 9.82 Å². The highest BCUT2D eigenvalue weighted by Gasteiger charge is 2.14. The Morgan fingerprint density at radius 2 is 2.20 bits per heavy atom. The number of aromatic nitrogens is 1. The largest absolute Gasteiger partial charge is 0.313 e. The van der Waals surface area contributed by atoms with Gasteiger partial charge in [0.25, 0.3) is 5.56 Å². The zero-order valence-electron chi connectivity index (χ0n) is 7.80. The number of pyridine rings is 1. The lowest BCUT2D eigenvalue weighted by atomic mass is 10.2. The van der Waals surface area contributed by atoms with Crippen LogP contribution < -0.4 is 5.56 Å². The number of nitriles is 2. The van der Waals surface area contributed by atoms with E-state index in [4.69, 9.17) is 10.5 Å². The second-order valence-electron chi connectivity index (χ2n) is 2.66. The van der Waals surface area contributed by atoms with Crippen molar-refractivity contribution in [1.82, 2.24) is 4.98 Å². The van der Waals surface area contributed by atoms with Crippen LogP contribution >= 0.6 is 11.8 Å². The fourth-order valence-corrected chi connectivity index (χ4v) is 1.73. The number of hydrogen-bond acceptors (Lipinski definition) is 4. The van der Waals surface area contributed by atoms with Crippen molar-refractivity contribution < 1.29 is 4.39 Å². The van der Waals surface area contributed by atoms with Crippen LogP contribution in [-0.4, -0.2) is 10.7 Å². The monoisotopic (exact) mass is 223 g/mol. The molecule has 0 saturated heterocycles. The molecule has 0 spiro atoms. The topological polar surface area (TPSA) is 80.4 Å². The molecule has 1 heterocycles. The van der Waals surface area contributed by atoms with Gasteiger partial charge in [-0.15, -0.1) is 0 Å². The van der Waals surface area contributed by atoms with Gasteiger partial charge in [0.15, 0.2) is 5.82 Å². The van der Waals surface area contributed by atoms with Gasteiger partial charge in [0.1, 0.15) is 6.07 Å². The molecular weight excluding hydrogens is 217 g/mol. The van der Waals surface area contributed by atoms with Gasteiger partial charge in [0.05, 0.1) is 22.4 Å². The second kappa shape index (κ2) is 4.63. The molecule has 0 aliphatic heterocycles. The molecule has 0 saturated carbocycles. The fraction of sp³-hybridized carbons (Fsp3) is 0.222. The first-order valence-corrected chi connectivity index (χ1v) is 4.92. The molecule has 0 atom stereocenters. The van der Waals surface area contributed by atoms with E-state index in [1.165, 1.54) is 6.92 Å². The third-order valence-corrected chi connectivity index (χ3v) is 2.62. The standard InChI is InChI=1S/C9H6FN3OS/c1-5-6(4-12)9(15-3-2-11)13-8(14)7(5)10/h3H2,1H3,(H,13,14). The molecule has 0 unspecified atom stereocenters. The first-order chi connectivity index (χ1) is 7.11. The van der Waals surface area contributed by atoms with E-state index in [1.54, 1.807) is 6.07 Å². The molecule has 1 rings (SSSR count). The average molecular weight is 223 g/mol. The lowest BCUT2D eigenvalue weighted by molar-refractivity contribution is 0.593. The summed E-state index contributed by atoms with van der Waals surface area (Å²) in [6.45, 7) is 1.36. The van der Waals surface area contributed by atoms with Crippen LogP contribution in [0, 0.1) is 35.4 Å². The summed E-state index contributed by atoms with van der Waals surface area (Å²) in [6, 6.07) is 3.66. The van der Waals surface area contributed by atoms with E-state index in [0.29, 0.717) is 0 Å². The quantitative estimate of drug-likeness (QED) is 0.766. The Kier molecular flexibility index (Phi) is 3.48. The van der Waals surface area contributed by atoms with Crippen molar-refractivity contribution >= 4 is 11.8 Å². The second-order valence-corrected chi connectivity index (χ2v) is 3.64. The summed E-state index contributed by atoms with van der Waals surface area (Å²) in [5.74, 6) is -0.858. The number of nitrogens with one attached hydrogen (secondary N) is 1. The maximum atomic E-state index is 13.1. The molecule has 15 heavy (non-hydrogen) atoms. The van der Waals surface area contributed by atoms with E-state index in [9.17, 15) is 9.18 Å². The van der Waals surface area contributed by atoms with Crippen molar-refractivity contribution in [2.75, 3.05) is 5.75 Å². The van der Waals surface area contributed by atoms with Crippen LogP contribution in [-0.2, 0) is 0 Å². The van der Waals surface area contributed by atoms with Gasteiger partial charge >= 0.3 is 0 Å². The van der Waals surface area contributed by atoms with E-state index < -0.39 is 11.4 Å². The maximum absolute atomic E-state index is 13.1. The molecule has 4 nitrogen and oxygen atoms in total. The number of halogens is 1. The molecule has 0 radical (unpaired) electrons. The molecule has 76 valence electrons. The lowest BCUT2D eigenvalue weighted by Crippen LogP contribution is -2.15. The summed E-state index contributed by atoms with van der Waals surface area (Å²) in [6.07, 6.45) is 0. The minimum absolute atomic E-state index is 0.0155. The maximum Gasteiger partial charge on any atom is 0.285 e. The van der Waals surface area contributed by atoms with Crippen molar-refractivity contribution in [1.29, 1.82) is 10.5 Å². The smallest absolute Gasteiger partial charge is 0.285 e. The Morgan fingerprint density at radius 3 is 2.73 bits per heavy atom. The highest BCUT2D eigenvalue weighted by molar-refractivity contribution is 7.99. The molecule has 0 aliphatic carbocycles. The molecular formula is C9H6FN3OS. The SMILES string of the molecule is Cc1c(C#N)c(SCC#N)[nH]c(=O)c1F. The Hall–Kier alpha value is -1.79. The molecule has 0 amide bonds. The Balaban J connectivity index is 3.35. The number of H-pyrrole nitrogens is 1. The van der Waals surface area contributed by atoms with Crippen LogP contribution in [0.1, 0.15) is 11.1 Å². The number of rotatable bonds is 2. The third kappa shape index (κ3) is 2.17. The van der Waals surface area contributed by atoms with Crippen LogP contribution in [0.5, 0.6) is 0 Å². The third-order valence-electron chi connectivity index (χ3n) is 1.75. The molecule has 0 aromatic carbocycles. The van der Waals surface area contributed by atoms with Crippen molar-refractivity contribution in [2.24, 2.45) is 0 Å². The predicted molar refractivity (Wildman–Crippen MR) is 52.8 cm³/mol. The van der Waals surface area contributed by atoms with E-state index >= 15 is 0 Å². The minimum atomic E-state index is -0.951. The molecule has 0 aliphatic rings. The van der Waals surface area contributed by atoms with Gasteiger partial charge in [0.2, 0.25) is 0 Å². The van der Waals surface area contributed by atoms with Crippen molar-refractivity contribution in [3.05, 3.63) is 27.3 Å². The van der Waals surface area contributed by atoms with Crippen LogP contribution in [0.4, 0.5) is 4.39 Å². The predicted octanol–water partition coefficient (Wildman–Crippen LogP) is 1.31. The van der Waals surface area contributed by atoms with Crippen molar-refractivity contribution in [2.45, 2.75) is 11.9 Å². The Morgan fingerprint density at radius 1 is 1.53 bits per heavy atom. The van der Waals surface area contributed by atoms with Crippen LogP contribution in [0.2, 0.25) is 0 Å². The first kappa shape index (κ1) is 11.3. The van der Waals surface area contributed by atoms with Gasteiger partial charge in [-0.2, -0.15) is 10.5 Å². The molecule has 0 bridgehead atoms. The molecule has 1 aromatic heterocycles. The minimum Gasteiger partial charge on any atom is -0.313 e. The first-order valence-electron chi connectivity index (χ1n) is 3.94. The Labute approximate surface area is 89.3 Å². The van der Waals surface area contributed by atoms with E-state index in [1.807, 2.05) is 6.07 Å². The average Bonchev–Trinajstić information content (AvgIpc) is 2.23. The molecule has 6 heteroatoms. The number of nitrogens with zero attached hydrogens (tertiary/aromatic N) is 2. The number of aromatic amines is 1. The normalized spacial score (nSPS) is 9.33. The summed E-state index contributed by atoms with van der Waals surface area (Å²) < 4.78 is 13.1. The number of hydrogen-bond donors (Lipinski definition) is 1. The van der Waals surface area contributed by atoms with Gasteiger partial charge < -0.3 is 4.98 Å². The molecule has 1 aromatic rings. The summed E-state index contributed by atoms with van der Waals surface area (Å²) in [4.78, 5) is 13.3. The van der Waals surface area contributed by atoms with Gasteiger partial charge in [-0.25, -0.2) is 4.39 Å². The summed E-state index contributed by atoms with van der Waals surface area (Å²) >= 11 is 1.00. The van der Waals surface area contributed by atoms with E-state index in [-0.39, 0.29) is 21.9 Å². The Bertz CT molecular complexity index is 524.